The quantitative estimate of drug-likeness (QED) is 0.410. The van der Waals surface area contributed by atoms with Crippen LogP contribution in [0.25, 0.3) is 10.9 Å². The van der Waals surface area contributed by atoms with E-state index in [1.165, 1.54) is 7.11 Å². The number of thioether (sulfide) groups is 1. The van der Waals surface area contributed by atoms with Gasteiger partial charge in [-0.15, -0.1) is 11.8 Å². The number of ether oxygens (including phenoxy) is 1. The summed E-state index contributed by atoms with van der Waals surface area (Å²) in [6.45, 7) is 3.92. The van der Waals surface area contributed by atoms with Crippen molar-refractivity contribution in [2.45, 2.75) is 31.1 Å². The number of benzene rings is 2. The molecule has 1 aliphatic carbocycles. The third-order valence-corrected chi connectivity index (χ3v) is 7.58. The SMILES string of the molecule is COC(=O)C1C2=C(C(=O)CC1(C)C)C(c1ccc(SC)cc1)c1c(ccc3ncccc13)N2. The van der Waals surface area contributed by atoms with Crippen LogP contribution >= 0.6 is 11.8 Å². The first-order valence-electron chi connectivity index (χ1n) is 11.0. The molecule has 2 atom stereocenters. The summed E-state index contributed by atoms with van der Waals surface area (Å²) < 4.78 is 5.20. The van der Waals surface area contributed by atoms with Crippen molar-refractivity contribution in [2.24, 2.45) is 11.3 Å². The minimum absolute atomic E-state index is 0.0631. The van der Waals surface area contributed by atoms with E-state index >= 15 is 0 Å². The maximum atomic E-state index is 13.7. The minimum atomic E-state index is -0.556. The molecule has 6 heteroatoms. The number of aromatic nitrogens is 1. The van der Waals surface area contributed by atoms with Crippen molar-refractivity contribution >= 4 is 40.1 Å². The van der Waals surface area contributed by atoms with Crippen LogP contribution in [0, 0.1) is 11.3 Å². The van der Waals surface area contributed by atoms with Crippen molar-refractivity contribution < 1.29 is 14.3 Å². The van der Waals surface area contributed by atoms with Gasteiger partial charge in [0.05, 0.1) is 12.6 Å². The van der Waals surface area contributed by atoms with Crippen molar-refractivity contribution in [3.63, 3.8) is 0 Å². The molecule has 1 aliphatic heterocycles. The number of Topliss-reactive ketones (excluding diaryl/α,β-unsaturated/α-hetero) is 1. The molecule has 2 unspecified atom stereocenters. The van der Waals surface area contributed by atoms with Crippen molar-refractivity contribution in [1.82, 2.24) is 4.98 Å². The van der Waals surface area contributed by atoms with Gasteiger partial charge in [0, 0.05) is 45.8 Å². The molecule has 0 fully saturated rings. The van der Waals surface area contributed by atoms with Crippen LogP contribution in [0.2, 0.25) is 0 Å². The van der Waals surface area contributed by atoms with Crippen LogP contribution in [-0.4, -0.2) is 30.1 Å². The van der Waals surface area contributed by atoms with Crippen molar-refractivity contribution in [3.05, 3.63) is 77.1 Å². The fraction of sp³-hybridized carbons (Fsp3) is 0.296. The number of rotatable bonds is 3. The Morgan fingerprint density at radius 3 is 2.61 bits per heavy atom. The van der Waals surface area contributed by atoms with Crippen molar-refractivity contribution in [3.8, 4) is 0 Å². The van der Waals surface area contributed by atoms with E-state index in [0.717, 1.165) is 32.6 Å². The highest BCUT2D eigenvalue weighted by Crippen LogP contribution is 2.53. The zero-order valence-corrected chi connectivity index (χ0v) is 20.0. The Bertz CT molecular complexity index is 1310. The number of carbonyl (C=O) groups is 2. The zero-order chi connectivity index (χ0) is 23.3. The lowest BCUT2D eigenvalue weighted by Crippen LogP contribution is -2.44. The Labute approximate surface area is 197 Å². The van der Waals surface area contributed by atoms with Crippen LogP contribution in [0.5, 0.6) is 0 Å². The Morgan fingerprint density at radius 2 is 1.91 bits per heavy atom. The molecule has 0 bridgehead atoms. The Kier molecular flexibility index (Phi) is 5.28. The number of hydrogen-bond donors (Lipinski definition) is 1. The van der Waals surface area contributed by atoms with Gasteiger partial charge in [-0.1, -0.05) is 32.0 Å². The number of pyridine rings is 1. The second kappa shape index (κ2) is 8.03. The topological polar surface area (TPSA) is 68.3 Å². The van der Waals surface area contributed by atoms with Crippen LogP contribution < -0.4 is 5.32 Å². The number of hydrogen-bond acceptors (Lipinski definition) is 6. The number of nitrogens with zero attached hydrogens (tertiary/aromatic N) is 1. The third-order valence-electron chi connectivity index (χ3n) is 6.84. The van der Waals surface area contributed by atoms with Crippen LogP contribution in [0.15, 0.2) is 70.9 Å². The normalized spacial score (nSPS) is 21.3. The number of ketones is 1. The van der Waals surface area contributed by atoms with Crippen LogP contribution in [0.1, 0.15) is 37.3 Å². The van der Waals surface area contributed by atoms with Crippen LogP contribution in [-0.2, 0) is 14.3 Å². The van der Waals surface area contributed by atoms with E-state index in [4.69, 9.17) is 4.74 Å². The molecule has 1 N–H and O–H groups in total. The van der Waals surface area contributed by atoms with Gasteiger partial charge in [-0.3, -0.25) is 14.6 Å². The first-order chi connectivity index (χ1) is 15.9. The molecule has 5 rings (SSSR count). The van der Waals surface area contributed by atoms with E-state index in [1.54, 1.807) is 18.0 Å². The molecule has 0 saturated carbocycles. The molecule has 1 aromatic heterocycles. The second-order valence-corrected chi connectivity index (χ2v) is 10.2. The van der Waals surface area contributed by atoms with Gasteiger partial charge in [-0.25, -0.2) is 0 Å². The van der Waals surface area contributed by atoms with Crippen molar-refractivity contribution in [1.29, 1.82) is 0 Å². The molecule has 2 aromatic carbocycles. The molecular weight excluding hydrogens is 432 g/mol. The lowest BCUT2D eigenvalue weighted by Gasteiger charge is -2.44. The molecule has 33 heavy (non-hydrogen) atoms. The molecular formula is C27H26N2O3S. The highest BCUT2D eigenvalue weighted by atomic mass is 32.2. The van der Waals surface area contributed by atoms with Crippen molar-refractivity contribution in [2.75, 3.05) is 18.7 Å². The number of methoxy groups -OCH3 is 1. The van der Waals surface area contributed by atoms with E-state index in [2.05, 4.69) is 34.6 Å². The van der Waals surface area contributed by atoms with Gasteiger partial charge in [0.1, 0.15) is 5.92 Å². The third kappa shape index (κ3) is 3.44. The second-order valence-electron chi connectivity index (χ2n) is 9.30. The summed E-state index contributed by atoms with van der Waals surface area (Å²) in [7, 11) is 1.41. The smallest absolute Gasteiger partial charge is 0.315 e. The lowest BCUT2D eigenvalue weighted by atomic mass is 9.63. The molecule has 168 valence electrons. The van der Waals surface area contributed by atoms with Crippen LogP contribution in [0.3, 0.4) is 0 Å². The van der Waals surface area contributed by atoms with E-state index in [0.29, 0.717) is 11.3 Å². The largest absolute Gasteiger partial charge is 0.468 e. The predicted molar refractivity (Wildman–Crippen MR) is 131 cm³/mol. The average molecular weight is 459 g/mol. The maximum absolute atomic E-state index is 13.7. The maximum Gasteiger partial charge on any atom is 0.315 e. The fourth-order valence-corrected chi connectivity index (χ4v) is 5.74. The standard InChI is InChI=1S/C27H26N2O3S/c1-27(2)14-20(30)23-21(15-7-9-16(33-4)10-8-15)22-17-6-5-13-28-18(17)11-12-19(22)29-25(23)24(27)26(31)32-3/h5-13,21,24,29H,14H2,1-4H3. The number of allylic oxidation sites excluding steroid dienone is 1. The molecule has 0 radical (unpaired) electrons. The molecule has 2 aliphatic rings. The Balaban J connectivity index is 1.82. The number of esters is 1. The summed E-state index contributed by atoms with van der Waals surface area (Å²) >= 11 is 1.68. The molecule has 0 saturated heterocycles. The zero-order valence-electron chi connectivity index (χ0n) is 19.1. The van der Waals surface area contributed by atoms with Gasteiger partial charge in [-0.05, 0) is 53.1 Å². The van der Waals surface area contributed by atoms with Gasteiger partial charge >= 0.3 is 5.97 Å². The van der Waals surface area contributed by atoms with Gasteiger partial charge < -0.3 is 10.1 Å². The van der Waals surface area contributed by atoms with Gasteiger partial charge in [0.15, 0.2) is 5.78 Å². The van der Waals surface area contributed by atoms with Gasteiger partial charge in [0.25, 0.3) is 0 Å². The fourth-order valence-electron chi connectivity index (χ4n) is 5.33. The van der Waals surface area contributed by atoms with Gasteiger partial charge in [0.2, 0.25) is 0 Å². The summed E-state index contributed by atoms with van der Waals surface area (Å²) in [6, 6.07) is 16.3. The van der Waals surface area contributed by atoms with E-state index in [9.17, 15) is 9.59 Å². The first-order valence-corrected chi connectivity index (χ1v) is 12.2. The average Bonchev–Trinajstić information content (AvgIpc) is 2.82. The van der Waals surface area contributed by atoms with E-state index in [-0.39, 0.29) is 24.1 Å². The summed E-state index contributed by atoms with van der Waals surface area (Å²) in [5.41, 5.74) is 4.58. The predicted octanol–water partition coefficient (Wildman–Crippen LogP) is 5.56. The summed E-state index contributed by atoms with van der Waals surface area (Å²) in [5.74, 6) is -1.11. The highest BCUT2D eigenvalue weighted by Gasteiger charge is 2.50. The highest BCUT2D eigenvalue weighted by molar-refractivity contribution is 7.98. The summed E-state index contributed by atoms with van der Waals surface area (Å²) in [4.78, 5) is 32.4. The molecule has 0 amide bonds. The Hall–Kier alpha value is -3.12. The lowest BCUT2D eigenvalue weighted by molar-refractivity contribution is -0.148. The van der Waals surface area contributed by atoms with Crippen LogP contribution in [0.4, 0.5) is 5.69 Å². The van der Waals surface area contributed by atoms with E-state index in [1.807, 2.05) is 44.4 Å². The Morgan fingerprint density at radius 1 is 1.15 bits per heavy atom. The first kappa shape index (κ1) is 21.7. The monoisotopic (exact) mass is 458 g/mol. The number of carbonyl (C=O) groups excluding carboxylic acids is 2. The summed E-state index contributed by atoms with van der Waals surface area (Å²) in [6.07, 6.45) is 4.10. The van der Waals surface area contributed by atoms with E-state index < -0.39 is 11.3 Å². The summed E-state index contributed by atoms with van der Waals surface area (Å²) in [5, 5.41) is 4.49. The molecule has 0 spiro atoms. The molecule has 3 aromatic rings. The minimum Gasteiger partial charge on any atom is -0.468 e. The number of fused-ring (bicyclic) bond motifs is 3. The number of nitrogens with one attached hydrogen (secondary N) is 1. The molecule has 2 heterocycles. The molecule has 5 nitrogen and oxygen atoms in total. The number of anilines is 1. The van der Waals surface area contributed by atoms with Gasteiger partial charge in [-0.2, -0.15) is 0 Å².